The summed E-state index contributed by atoms with van der Waals surface area (Å²) in [7, 11) is 0. The Morgan fingerprint density at radius 2 is 1.84 bits per heavy atom. The Morgan fingerprint density at radius 3 is 2.64 bits per heavy atom. The van der Waals surface area contributed by atoms with E-state index >= 15 is 0 Å². The van der Waals surface area contributed by atoms with E-state index in [1.165, 1.54) is 11.8 Å². The van der Waals surface area contributed by atoms with Crippen molar-refractivity contribution in [2.24, 2.45) is 0 Å². The average molecular weight is 395 g/mol. The summed E-state index contributed by atoms with van der Waals surface area (Å²) >= 11 is 13.6. The van der Waals surface area contributed by atoms with Crippen molar-refractivity contribution in [2.75, 3.05) is 12.4 Å². The summed E-state index contributed by atoms with van der Waals surface area (Å²) in [6.07, 6.45) is 1.96. The number of rotatable bonds is 8. The molecule has 0 bridgehead atoms. The molecule has 3 rings (SSSR count). The maximum absolute atomic E-state index is 6.15. The predicted molar refractivity (Wildman–Crippen MR) is 102 cm³/mol. The van der Waals surface area contributed by atoms with Crippen molar-refractivity contribution in [3.8, 4) is 17.2 Å². The number of hydrogen-bond acceptors (Lipinski definition) is 5. The van der Waals surface area contributed by atoms with Gasteiger partial charge in [-0.05, 0) is 43.2 Å². The van der Waals surface area contributed by atoms with Gasteiger partial charge in [0.15, 0.2) is 0 Å². The third-order valence-corrected chi connectivity index (χ3v) is 4.80. The standard InChI is InChI=1S/C18H16Cl2N2O2S/c19-13-8-9-15(16(20)12-13)17-21-22-18(24-17)25-11-5-4-10-23-14-6-2-1-3-7-14/h1-3,6-9,12H,4-5,10-11H2. The number of unbranched alkanes of at least 4 members (excludes halogenated alkanes) is 1. The van der Waals surface area contributed by atoms with Gasteiger partial charge in [-0.1, -0.05) is 53.2 Å². The molecule has 1 heterocycles. The lowest BCUT2D eigenvalue weighted by molar-refractivity contribution is 0.310. The van der Waals surface area contributed by atoms with Crippen LogP contribution in [0.4, 0.5) is 0 Å². The summed E-state index contributed by atoms with van der Waals surface area (Å²) < 4.78 is 11.3. The minimum atomic E-state index is 0.400. The van der Waals surface area contributed by atoms with Crippen LogP contribution in [0.5, 0.6) is 5.75 Å². The van der Waals surface area contributed by atoms with Crippen LogP contribution in [0.2, 0.25) is 10.0 Å². The maximum atomic E-state index is 6.15. The number of ether oxygens (including phenoxy) is 1. The quantitative estimate of drug-likeness (QED) is 0.346. The van der Waals surface area contributed by atoms with E-state index in [2.05, 4.69) is 10.2 Å². The van der Waals surface area contributed by atoms with Gasteiger partial charge in [0.25, 0.3) is 5.22 Å². The molecule has 0 saturated carbocycles. The Morgan fingerprint density at radius 1 is 1.00 bits per heavy atom. The Kier molecular flexibility index (Phi) is 6.62. The zero-order valence-electron chi connectivity index (χ0n) is 13.3. The first-order valence-corrected chi connectivity index (χ1v) is 9.56. The highest BCUT2D eigenvalue weighted by Gasteiger charge is 2.12. The third-order valence-electron chi connectivity index (χ3n) is 3.34. The number of aromatic nitrogens is 2. The molecule has 0 fully saturated rings. The predicted octanol–water partition coefficient (Wildman–Crippen LogP) is 5.99. The summed E-state index contributed by atoms with van der Waals surface area (Å²) in [5.41, 5.74) is 0.682. The molecule has 0 spiro atoms. The molecule has 0 N–H and O–H groups in total. The van der Waals surface area contributed by atoms with E-state index in [1.807, 2.05) is 30.3 Å². The van der Waals surface area contributed by atoms with Crippen LogP contribution in [0.15, 0.2) is 58.2 Å². The average Bonchev–Trinajstić information content (AvgIpc) is 3.07. The van der Waals surface area contributed by atoms with Crippen molar-refractivity contribution < 1.29 is 9.15 Å². The lowest BCUT2D eigenvalue weighted by atomic mass is 10.2. The maximum Gasteiger partial charge on any atom is 0.276 e. The summed E-state index contributed by atoms with van der Waals surface area (Å²) in [4.78, 5) is 0. The first-order chi connectivity index (χ1) is 12.2. The van der Waals surface area contributed by atoms with Crippen LogP contribution in [0.25, 0.3) is 11.5 Å². The molecular weight excluding hydrogens is 379 g/mol. The number of para-hydroxylation sites is 1. The van der Waals surface area contributed by atoms with Crippen LogP contribution in [0.1, 0.15) is 12.8 Å². The molecule has 0 radical (unpaired) electrons. The Bertz CT molecular complexity index is 812. The second-order valence-electron chi connectivity index (χ2n) is 5.21. The molecular formula is C18H16Cl2N2O2S. The first-order valence-electron chi connectivity index (χ1n) is 7.82. The highest BCUT2D eigenvalue weighted by Crippen LogP contribution is 2.31. The van der Waals surface area contributed by atoms with E-state index in [9.17, 15) is 0 Å². The molecule has 1 aromatic heterocycles. The van der Waals surface area contributed by atoms with Gasteiger partial charge in [0.2, 0.25) is 5.89 Å². The Balaban J connectivity index is 1.41. The minimum Gasteiger partial charge on any atom is -0.494 e. The fourth-order valence-electron chi connectivity index (χ4n) is 2.11. The lowest BCUT2D eigenvalue weighted by Gasteiger charge is -2.04. The fraction of sp³-hybridized carbons (Fsp3) is 0.222. The molecule has 0 saturated heterocycles. The molecule has 25 heavy (non-hydrogen) atoms. The van der Waals surface area contributed by atoms with Gasteiger partial charge >= 0.3 is 0 Å². The Labute approximate surface area is 160 Å². The topological polar surface area (TPSA) is 48.2 Å². The fourth-order valence-corrected chi connectivity index (χ4v) is 3.36. The molecule has 7 heteroatoms. The number of hydrogen-bond donors (Lipinski definition) is 0. The zero-order valence-corrected chi connectivity index (χ0v) is 15.7. The smallest absolute Gasteiger partial charge is 0.276 e. The van der Waals surface area contributed by atoms with Crippen LogP contribution in [0.3, 0.4) is 0 Å². The van der Waals surface area contributed by atoms with Crippen LogP contribution in [-0.2, 0) is 0 Å². The molecule has 0 aliphatic rings. The van der Waals surface area contributed by atoms with Crippen LogP contribution in [-0.4, -0.2) is 22.6 Å². The van der Waals surface area contributed by atoms with Gasteiger partial charge < -0.3 is 9.15 Å². The van der Waals surface area contributed by atoms with Crippen LogP contribution >= 0.6 is 35.0 Å². The Hall–Kier alpha value is -1.69. The van der Waals surface area contributed by atoms with Crippen LogP contribution in [0, 0.1) is 0 Å². The molecule has 0 unspecified atom stereocenters. The largest absolute Gasteiger partial charge is 0.494 e. The molecule has 130 valence electrons. The highest BCUT2D eigenvalue weighted by molar-refractivity contribution is 7.99. The number of halogens is 2. The molecule has 0 atom stereocenters. The van der Waals surface area contributed by atoms with E-state index in [0.717, 1.165) is 24.3 Å². The van der Waals surface area contributed by atoms with E-state index in [-0.39, 0.29) is 0 Å². The third kappa shape index (κ3) is 5.39. The second kappa shape index (κ2) is 9.13. The summed E-state index contributed by atoms with van der Waals surface area (Å²) in [5.74, 6) is 2.18. The van der Waals surface area contributed by atoms with E-state index < -0.39 is 0 Å². The van der Waals surface area contributed by atoms with Gasteiger partial charge in [-0.15, -0.1) is 10.2 Å². The van der Waals surface area contributed by atoms with Crippen molar-refractivity contribution in [3.05, 3.63) is 58.6 Å². The van der Waals surface area contributed by atoms with E-state index in [1.54, 1.807) is 18.2 Å². The van der Waals surface area contributed by atoms with Gasteiger partial charge in [0, 0.05) is 10.8 Å². The first kappa shape index (κ1) is 18.1. The van der Waals surface area contributed by atoms with Crippen molar-refractivity contribution in [1.29, 1.82) is 0 Å². The number of benzene rings is 2. The summed E-state index contributed by atoms with van der Waals surface area (Å²) in [6, 6.07) is 15.0. The van der Waals surface area contributed by atoms with Gasteiger partial charge in [0.1, 0.15) is 5.75 Å². The summed E-state index contributed by atoms with van der Waals surface area (Å²) in [6.45, 7) is 0.694. The molecule has 0 aliphatic carbocycles. The number of nitrogens with zero attached hydrogens (tertiary/aromatic N) is 2. The SMILES string of the molecule is Clc1ccc(-c2nnc(SCCCCOc3ccccc3)o2)c(Cl)c1. The molecule has 2 aromatic carbocycles. The molecule has 0 aliphatic heterocycles. The molecule has 0 amide bonds. The van der Waals surface area contributed by atoms with Gasteiger partial charge in [-0.25, -0.2) is 0 Å². The normalized spacial score (nSPS) is 10.8. The highest BCUT2D eigenvalue weighted by atomic mass is 35.5. The van der Waals surface area contributed by atoms with Gasteiger partial charge in [0.05, 0.1) is 17.2 Å². The van der Waals surface area contributed by atoms with Crippen molar-refractivity contribution >= 4 is 35.0 Å². The lowest BCUT2D eigenvalue weighted by Crippen LogP contribution is -1.97. The summed E-state index contributed by atoms with van der Waals surface area (Å²) in [5, 5.41) is 9.68. The van der Waals surface area contributed by atoms with Gasteiger partial charge in [-0.2, -0.15) is 0 Å². The molecule has 4 nitrogen and oxygen atoms in total. The van der Waals surface area contributed by atoms with E-state index in [4.69, 9.17) is 32.4 Å². The van der Waals surface area contributed by atoms with Crippen molar-refractivity contribution in [1.82, 2.24) is 10.2 Å². The number of thioether (sulfide) groups is 1. The monoisotopic (exact) mass is 394 g/mol. The van der Waals surface area contributed by atoms with Crippen molar-refractivity contribution in [2.45, 2.75) is 18.1 Å². The zero-order chi connectivity index (χ0) is 17.5. The van der Waals surface area contributed by atoms with Gasteiger partial charge in [-0.3, -0.25) is 0 Å². The second-order valence-corrected chi connectivity index (χ2v) is 7.10. The van der Waals surface area contributed by atoms with Crippen LogP contribution < -0.4 is 4.74 Å². The van der Waals surface area contributed by atoms with E-state index in [0.29, 0.717) is 33.3 Å². The molecule has 3 aromatic rings. The van der Waals surface area contributed by atoms with Crippen molar-refractivity contribution in [3.63, 3.8) is 0 Å². The minimum absolute atomic E-state index is 0.400.